The minimum atomic E-state index is -0.439. The van der Waals surface area contributed by atoms with Crippen LogP contribution < -0.4 is 0 Å². The topological polar surface area (TPSA) is 52.6 Å². The van der Waals surface area contributed by atoms with Crippen LogP contribution >= 0.6 is 0 Å². The van der Waals surface area contributed by atoms with Crippen molar-refractivity contribution in [2.24, 2.45) is 5.92 Å². The fraction of sp³-hybridized carbons (Fsp3) is 0.692. The van der Waals surface area contributed by atoms with Gasteiger partial charge in [-0.3, -0.25) is 4.79 Å². The van der Waals surface area contributed by atoms with Gasteiger partial charge in [0.2, 0.25) is 0 Å². The van der Waals surface area contributed by atoms with Gasteiger partial charge < -0.3 is 9.47 Å². The molecule has 4 heteroatoms. The van der Waals surface area contributed by atoms with Gasteiger partial charge in [-0.2, -0.15) is 0 Å². The molecule has 0 aromatic rings. The molecule has 0 aliphatic carbocycles. The molecule has 0 spiro atoms. The van der Waals surface area contributed by atoms with E-state index in [0.29, 0.717) is 6.42 Å². The van der Waals surface area contributed by atoms with Gasteiger partial charge in [-0.25, -0.2) is 4.79 Å². The van der Waals surface area contributed by atoms with E-state index in [1.54, 1.807) is 6.08 Å². The highest BCUT2D eigenvalue weighted by Gasteiger charge is 2.16. The molecule has 0 rings (SSSR count). The summed E-state index contributed by atoms with van der Waals surface area (Å²) < 4.78 is 9.79. The lowest BCUT2D eigenvalue weighted by molar-refractivity contribution is -0.151. The average molecular weight is 242 g/mol. The number of hydrogen-bond acceptors (Lipinski definition) is 4. The van der Waals surface area contributed by atoms with Crippen molar-refractivity contribution < 1.29 is 19.1 Å². The number of carbonyl (C=O) groups excluding carboxylic acids is 2. The first-order valence-corrected chi connectivity index (χ1v) is 6.01. The van der Waals surface area contributed by atoms with Crippen molar-refractivity contribution in [3.05, 3.63) is 12.2 Å². The van der Waals surface area contributed by atoms with Gasteiger partial charge in [0.15, 0.2) is 0 Å². The number of esters is 2. The molecular weight excluding hydrogens is 220 g/mol. The van der Waals surface area contributed by atoms with E-state index in [9.17, 15) is 9.59 Å². The van der Waals surface area contributed by atoms with Gasteiger partial charge in [0, 0.05) is 6.08 Å². The van der Waals surface area contributed by atoms with Crippen molar-refractivity contribution in [2.45, 2.75) is 46.1 Å². The summed E-state index contributed by atoms with van der Waals surface area (Å²) >= 11 is 0. The highest BCUT2D eigenvalue weighted by atomic mass is 16.5. The minimum Gasteiger partial charge on any atom is -0.466 e. The Kier molecular flexibility index (Phi) is 8.11. The molecule has 0 heterocycles. The zero-order valence-electron chi connectivity index (χ0n) is 11.1. The van der Waals surface area contributed by atoms with Crippen LogP contribution in [-0.4, -0.2) is 25.2 Å². The Hall–Kier alpha value is -1.32. The van der Waals surface area contributed by atoms with Gasteiger partial charge in [-0.15, -0.1) is 0 Å². The van der Waals surface area contributed by atoms with Crippen LogP contribution in [0.3, 0.4) is 0 Å². The number of hydrogen-bond donors (Lipinski definition) is 0. The van der Waals surface area contributed by atoms with Crippen molar-refractivity contribution >= 4 is 11.9 Å². The lowest BCUT2D eigenvalue weighted by Crippen LogP contribution is -2.21. The summed E-state index contributed by atoms with van der Waals surface area (Å²) in [7, 11) is 1.31. The van der Waals surface area contributed by atoms with E-state index < -0.39 is 5.97 Å². The summed E-state index contributed by atoms with van der Waals surface area (Å²) in [5.41, 5.74) is 0. The van der Waals surface area contributed by atoms with Crippen molar-refractivity contribution in [1.29, 1.82) is 0 Å². The molecule has 0 aliphatic heterocycles. The first-order valence-electron chi connectivity index (χ1n) is 6.01. The van der Waals surface area contributed by atoms with E-state index in [0.717, 1.165) is 12.8 Å². The molecule has 98 valence electrons. The van der Waals surface area contributed by atoms with Gasteiger partial charge in [0.1, 0.15) is 6.10 Å². The van der Waals surface area contributed by atoms with Crippen LogP contribution in [0.5, 0.6) is 0 Å². The second kappa shape index (κ2) is 8.79. The minimum absolute atomic E-state index is 0.110. The SMILES string of the molecule is CCCC(/C=C/C(=O)OC)OC(=O)C(C)CC. The van der Waals surface area contributed by atoms with Gasteiger partial charge in [-0.05, 0) is 18.9 Å². The molecule has 0 radical (unpaired) electrons. The lowest BCUT2D eigenvalue weighted by atomic mass is 10.1. The molecule has 0 saturated heterocycles. The first kappa shape index (κ1) is 15.7. The summed E-state index contributed by atoms with van der Waals surface area (Å²) in [5, 5.41) is 0. The number of ether oxygens (including phenoxy) is 2. The van der Waals surface area contributed by atoms with Crippen LogP contribution in [0.1, 0.15) is 40.0 Å². The highest BCUT2D eigenvalue weighted by Crippen LogP contribution is 2.10. The van der Waals surface area contributed by atoms with E-state index in [4.69, 9.17) is 4.74 Å². The van der Waals surface area contributed by atoms with E-state index in [2.05, 4.69) is 4.74 Å². The van der Waals surface area contributed by atoms with Crippen LogP contribution in [-0.2, 0) is 19.1 Å². The van der Waals surface area contributed by atoms with Crippen molar-refractivity contribution in [3.8, 4) is 0 Å². The maximum Gasteiger partial charge on any atom is 0.330 e. The Bertz CT molecular complexity index is 271. The van der Waals surface area contributed by atoms with Crippen LogP contribution in [0, 0.1) is 5.92 Å². The molecule has 0 fully saturated rings. The van der Waals surface area contributed by atoms with Gasteiger partial charge in [0.05, 0.1) is 13.0 Å². The zero-order chi connectivity index (χ0) is 13.3. The fourth-order valence-electron chi connectivity index (χ4n) is 1.16. The van der Waals surface area contributed by atoms with Gasteiger partial charge in [-0.1, -0.05) is 27.2 Å². The Morgan fingerprint density at radius 3 is 2.41 bits per heavy atom. The van der Waals surface area contributed by atoms with E-state index in [-0.39, 0.29) is 18.0 Å². The van der Waals surface area contributed by atoms with E-state index in [1.807, 2.05) is 20.8 Å². The van der Waals surface area contributed by atoms with Crippen molar-refractivity contribution in [1.82, 2.24) is 0 Å². The molecule has 17 heavy (non-hydrogen) atoms. The molecule has 2 atom stereocenters. The Morgan fingerprint density at radius 2 is 1.94 bits per heavy atom. The summed E-state index contributed by atoms with van der Waals surface area (Å²) in [4.78, 5) is 22.5. The third-order valence-electron chi connectivity index (χ3n) is 2.50. The van der Waals surface area contributed by atoms with Crippen molar-refractivity contribution in [3.63, 3.8) is 0 Å². The maximum atomic E-state index is 11.6. The Labute approximate surface area is 103 Å². The summed E-state index contributed by atoms with van der Waals surface area (Å²) in [6.07, 6.45) is 4.86. The molecular formula is C13H22O4. The molecule has 0 N–H and O–H groups in total. The fourth-order valence-corrected chi connectivity index (χ4v) is 1.16. The Morgan fingerprint density at radius 1 is 1.29 bits per heavy atom. The lowest BCUT2D eigenvalue weighted by Gasteiger charge is -2.16. The molecule has 4 nitrogen and oxygen atoms in total. The Balaban J connectivity index is 4.38. The molecule has 2 unspecified atom stereocenters. The van der Waals surface area contributed by atoms with Crippen LogP contribution in [0.25, 0.3) is 0 Å². The summed E-state index contributed by atoms with van der Waals surface area (Å²) in [5.74, 6) is -0.771. The molecule has 0 aromatic heterocycles. The van der Waals surface area contributed by atoms with Gasteiger partial charge >= 0.3 is 11.9 Å². The average Bonchev–Trinajstić information content (AvgIpc) is 2.34. The zero-order valence-corrected chi connectivity index (χ0v) is 11.1. The smallest absolute Gasteiger partial charge is 0.330 e. The second-order valence-electron chi connectivity index (χ2n) is 3.96. The maximum absolute atomic E-state index is 11.6. The predicted molar refractivity (Wildman–Crippen MR) is 65.4 cm³/mol. The quantitative estimate of drug-likeness (QED) is 0.508. The largest absolute Gasteiger partial charge is 0.466 e. The molecule has 0 amide bonds. The molecule has 0 saturated carbocycles. The molecule has 0 aliphatic rings. The molecule has 0 bridgehead atoms. The third kappa shape index (κ3) is 6.76. The van der Waals surface area contributed by atoms with Crippen molar-refractivity contribution in [2.75, 3.05) is 7.11 Å². The highest BCUT2D eigenvalue weighted by molar-refractivity contribution is 5.82. The number of carbonyl (C=O) groups is 2. The molecule has 0 aromatic carbocycles. The summed E-state index contributed by atoms with van der Waals surface area (Å²) in [6.45, 7) is 5.76. The van der Waals surface area contributed by atoms with Crippen LogP contribution in [0.15, 0.2) is 12.2 Å². The first-order chi connectivity index (χ1) is 8.04. The van der Waals surface area contributed by atoms with E-state index >= 15 is 0 Å². The second-order valence-corrected chi connectivity index (χ2v) is 3.96. The van der Waals surface area contributed by atoms with Crippen LogP contribution in [0.2, 0.25) is 0 Å². The number of methoxy groups -OCH3 is 1. The van der Waals surface area contributed by atoms with E-state index in [1.165, 1.54) is 13.2 Å². The van der Waals surface area contributed by atoms with Gasteiger partial charge in [0.25, 0.3) is 0 Å². The normalized spacial score (nSPS) is 14.4. The predicted octanol–water partition coefficient (Wildman–Crippen LogP) is 2.47. The standard InChI is InChI=1S/C13H22O4/c1-5-7-11(8-9-12(14)16-4)17-13(15)10(3)6-2/h8-11H,5-7H2,1-4H3/b9-8+. The monoisotopic (exact) mass is 242 g/mol. The third-order valence-corrected chi connectivity index (χ3v) is 2.50. The summed E-state index contributed by atoms with van der Waals surface area (Å²) in [6, 6.07) is 0. The number of rotatable bonds is 7. The van der Waals surface area contributed by atoms with Crippen LogP contribution in [0.4, 0.5) is 0 Å².